The topological polar surface area (TPSA) is 40.5 Å². The van der Waals surface area contributed by atoms with Gasteiger partial charge in [0.05, 0.1) is 0 Å². The van der Waals surface area contributed by atoms with Crippen LogP contribution in [0.2, 0.25) is 0 Å². The number of phenols is 2. The Balaban J connectivity index is 1.40. The molecule has 3 aliphatic rings. The van der Waals surface area contributed by atoms with Crippen molar-refractivity contribution in [1.82, 2.24) is 0 Å². The summed E-state index contributed by atoms with van der Waals surface area (Å²) in [5, 5.41) is 23.8. The lowest BCUT2D eigenvalue weighted by atomic mass is 9.63. The summed E-state index contributed by atoms with van der Waals surface area (Å²) in [5.74, 6) is 1.91. The molecule has 0 atom stereocenters. The van der Waals surface area contributed by atoms with Gasteiger partial charge in [0.25, 0.3) is 0 Å². The van der Waals surface area contributed by atoms with Crippen LogP contribution in [0, 0.1) is 0 Å². The average Bonchev–Trinajstić information content (AvgIpc) is 3.12. The lowest BCUT2D eigenvalue weighted by Crippen LogP contribution is -2.31. The lowest BCUT2D eigenvalue weighted by Gasteiger charge is -2.41. The van der Waals surface area contributed by atoms with Gasteiger partial charge in [-0.3, -0.25) is 0 Å². The zero-order chi connectivity index (χ0) is 31.3. The summed E-state index contributed by atoms with van der Waals surface area (Å²) in [6.45, 7) is 0. The summed E-state index contributed by atoms with van der Waals surface area (Å²) in [5.41, 5.74) is 9.67. The molecule has 0 amide bonds. The van der Waals surface area contributed by atoms with E-state index in [1.165, 1.54) is 117 Å². The van der Waals surface area contributed by atoms with Gasteiger partial charge in [0.2, 0.25) is 0 Å². The molecule has 0 bridgehead atoms. The summed E-state index contributed by atoms with van der Waals surface area (Å²) in [4.78, 5) is 0. The van der Waals surface area contributed by atoms with Gasteiger partial charge in [-0.25, -0.2) is 0 Å². The molecule has 3 aliphatic carbocycles. The number of phenolic OH excluding ortho intramolecular Hbond substituents is 2. The van der Waals surface area contributed by atoms with Crippen molar-refractivity contribution >= 4 is 0 Å². The minimum absolute atomic E-state index is 0.122. The van der Waals surface area contributed by atoms with E-state index >= 15 is 0 Å². The number of benzene rings is 4. The first-order chi connectivity index (χ1) is 22.6. The standard InChI is InChI=1S/C44H52O2/c45-42-36(26-32-16-6-1-7-17-32)28-38(30-40(42)34-20-10-3-11-21-34)44(24-14-5-15-25-44)39-29-37(27-33-18-8-2-9-19-33)43(46)41(31-39)35-22-12-4-13-23-35/h1-2,6-9,16-19,28-31,34-35,45-46H,3-5,10-15,20-27H2. The fourth-order valence-electron chi connectivity index (χ4n) is 9.24. The summed E-state index contributed by atoms with van der Waals surface area (Å²) in [6.07, 6.45) is 19.7. The van der Waals surface area contributed by atoms with E-state index in [4.69, 9.17) is 0 Å². The predicted octanol–water partition coefficient (Wildman–Crippen LogP) is 11.6. The molecule has 46 heavy (non-hydrogen) atoms. The van der Waals surface area contributed by atoms with Crippen molar-refractivity contribution in [1.29, 1.82) is 0 Å². The molecule has 4 aromatic carbocycles. The van der Waals surface area contributed by atoms with Gasteiger partial charge < -0.3 is 10.2 Å². The van der Waals surface area contributed by atoms with Crippen LogP contribution < -0.4 is 0 Å². The summed E-state index contributed by atoms with van der Waals surface area (Å²) in [6, 6.07) is 31.0. The van der Waals surface area contributed by atoms with Crippen LogP contribution in [0.5, 0.6) is 11.5 Å². The van der Waals surface area contributed by atoms with Gasteiger partial charge in [0.15, 0.2) is 0 Å². The van der Waals surface area contributed by atoms with Crippen LogP contribution in [-0.4, -0.2) is 10.2 Å². The van der Waals surface area contributed by atoms with Gasteiger partial charge in [-0.05, 0) is 94.9 Å². The molecule has 0 aromatic heterocycles. The van der Waals surface area contributed by atoms with E-state index in [-0.39, 0.29) is 5.41 Å². The molecule has 3 saturated carbocycles. The van der Waals surface area contributed by atoms with E-state index in [0.29, 0.717) is 23.3 Å². The molecule has 0 aliphatic heterocycles. The van der Waals surface area contributed by atoms with Crippen LogP contribution in [0.25, 0.3) is 0 Å². The molecule has 2 heteroatoms. The normalized spacial score (nSPS) is 19.2. The van der Waals surface area contributed by atoms with Gasteiger partial charge >= 0.3 is 0 Å². The third-order valence-electron chi connectivity index (χ3n) is 11.8. The molecule has 0 radical (unpaired) electrons. The highest BCUT2D eigenvalue weighted by Gasteiger charge is 2.39. The molecule has 0 spiro atoms. The first-order valence-corrected chi connectivity index (χ1v) is 18.4. The Morgan fingerprint density at radius 3 is 1.28 bits per heavy atom. The lowest BCUT2D eigenvalue weighted by molar-refractivity contribution is 0.341. The zero-order valence-corrected chi connectivity index (χ0v) is 27.7. The van der Waals surface area contributed by atoms with Crippen molar-refractivity contribution in [2.24, 2.45) is 0 Å². The molecular formula is C44H52O2. The Kier molecular flexibility index (Phi) is 9.52. The summed E-state index contributed by atoms with van der Waals surface area (Å²) >= 11 is 0. The molecule has 0 unspecified atom stereocenters. The van der Waals surface area contributed by atoms with E-state index in [2.05, 4.69) is 84.9 Å². The van der Waals surface area contributed by atoms with E-state index in [0.717, 1.165) is 36.8 Å². The van der Waals surface area contributed by atoms with Crippen LogP contribution in [0.4, 0.5) is 0 Å². The van der Waals surface area contributed by atoms with Gasteiger partial charge in [-0.2, -0.15) is 0 Å². The SMILES string of the molecule is Oc1c(Cc2ccccc2)cc(C2(c3cc(Cc4ccccc4)c(O)c(C4CCCCC4)c3)CCCCC2)cc1C1CCCCC1. The van der Waals surface area contributed by atoms with Gasteiger partial charge in [-0.1, -0.05) is 143 Å². The van der Waals surface area contributed by atoms with Crippen molar-refractivity contribution in [3.63, 3.8) is 0 Å². The quantitative estimate of drug-likeness (QED) is 0.208. The molecule has 2 nitrogen and oxygen atoms in total. The summed E-state index contributed by atoms with van der Waals surface area (Å²) in [7, 11) is 0. The van der Waals surface area contributed by atoms with Crippen LogP contribution in [0.3, 0.4) is 0 Å². The van der Waals surface area contributed by atoms with Crippen molar-refractivity contribution in [2.75, 3.05) is 0 Å². The van der Waals surface area contributed by atoms with Crippen molar-refractivity contribution in [2.45, 2.75) is 126 Å². The third kappa shape index (κ3) is 6.51. The van der Waals surface area contributed by atoms with Crippen LogP contribution in [0.15, 0.2) is 84.9 Å². The molecule has 0 saturated heterocycles. The van der Waals surface area contributed by atoms with E-state index < -0.39 is 0 Å². The Bertz CT molecular complexity index is 1470. The Morgan fingerprint density at radius 2 is 0.870 bits per heavy atom. The Morgan fingerprint density at radius 1 is 0.478 bits per heavy atom. The maximum Gasteiger partial charge on any atom is 0.122 e. The van der Waals surface area contributed by atoms with Crippen LogP contribution in [0.1, 0.15) is 153 Å². The first kappa shape index (κ1) is 31.1. The molecule has 240 valence electrons. The minimum Gasteiger partial charge on any atom is -0.507 e. The second-order valence-corrected chi connectivity index (χ2v) is 14.8. The number of hydrogen-bond acceptors (Lipinski definition) is 2. The maximum absolute atomic E-state index is 11.9. The first-order valence-electron chi connectivity index (χ1n) is 18.4. The maximum atomic E-state index is 11.9. The molecule has 4 aromatic rings. The second kappa shape index (κ2) is 14.1. The van der Waals surface area contributed by atoms with Crippen molar-refractivity contribution < 1.29 is 10.2 Å². The molecule has 2 N–H and O–H groups in total. The largest absolute Gasteiger partial charge is 0.507 e. The van der Waals surface area contributed by atoms with E-state index in [1.807, 2.05) is 0 Å². The molecular weight excluding hydrogens is 560 g/mol. The Labute approximate surface area is 276 Å². The fourth-order valence-corrected chi connectivity index (χ4v) is 9.24. The second-order valence-electron chi connectivity index (χ2n) is 14.8. The third-order valence-corrected chi connectivity index (χ3v) is 11.8. The highest BCUT2D eigenvalue weighted by molar-refractivity contribution is 5.56. The minimum atomic E-state index is -0.122. The molecule has 3 fully saturated rings. The highest BCUT2D eigenvalue weighted by atomic mass is 16.3. The average molecular weight is 613 g/mol. The van der Waals surface area contributed by atoms with E-state index in [1.54, 1.807) is 0 Å². The summed E-state index contributed by atoms with van der Waals surface area (Å²) < 4.78 is 0. The Hall–Kier alpha value is -3.52. The number of aromatic hydroxyl groups is 2. The van der Waals surface area contributed by atoms with Crippen molar-refractivity contribution in [3.8, 4) is 11.5 Å². The van der Waals surface area contributed by atoms with Gasteiger partial charge in [-0.15, -0.1) is 0 Å². The molecule has 7 rings (SSSR count). The highest BCUT2D eigenvalue weighted by Crippen LogP contribution is 2.51. The number of hydrogen-bond donors (Lipinski definition) is 2. The van der Waals surface area contributed by atoms with Gasteiger partial charge in [0, 0.05) is 18.3 Å². The molecule has 0 heterocycles. The van der Waals surface area contributed by atoms with Gasteiger partial charge in [0.1, 0.15) is 11.5 Å². The fraction of sp³-hybridized carbons (Fsp3) is 0.455. The van der Waals surface area contributed by atoms with Crippen LogP contribution >= 0.6 is 0 Å². The number of rotatable bonds is 8. The van der Waals surface area contributed by atoms with E-state index in [9.17, 15) is 10.2 Å². The smallest absolute Gasteiger partial charge is 0.122 e. The van der Waals surface area contributed by atoms with Crippen molar-refractivity contribution in [3.05, 3.63) is 129 Å². The predicted molar refractivity (Wildman–Crippen MR) is 190 cm³/mol. The van der Waals surface area contributed by atoms with Crippen LogP contribution in [-0.2, 0) is 18.3 Å². The zero-order valence-electron chi connectivity index (χ0n) is 27.7. The monoisotopic (exact) mass is 612 g/mol.